The van der Waals surface area contributed by atoms with Crippen LogP contribution in [-0.2, 0) is 4.79 Å². The second-order valence-corrected chi connectivity index (χ2v) is 6.44. The number of anilines is 2. The molecule has 2 aromatic rings. The van der Waals surface area contributed by atoms with Crippen LogP contribution < -0.4 is 11.1 Å². The van der Waals surface area contributed by atoms with Crippen molar-refractivity contribution in [2.24, 2.45) is 0 Å². The van der Waals surface area contributed by atoms with Crippen molar-refractivity contribution < 1.29 is 19.5 Å². The summed E-state index contributed by atoms with van der Waals surface area (Å²) in [5.74, 6) is -0.888. The van der Waals surface area contributed by atoms with E-state index in [1.165, 1.54) is 23.1 Å². The van der Waals surface area contributed by atoms with Crippen LogP contribution in [0.5, 0.6) is 5.75 Å². The number of hydrogen-bond donors (Lipinski definition) is 3. The topological polar surface area (TPSA) is 113 Å². The molecule has 1 aliphatic rings. The normalized spacial score (nSPS) is 13.0. The number of unbranched alkanes of at least 4 members (excludes halogenated alkanes) is 2. The number of benzene rings is 2. The fraction of sp³-hybridized carbons (Fsp3) is 0.250. The molecule has 0 spiro atoms. The summed E-state index contributed by atoms with van der Waals surface area (Å²) in [7, 11) is 0. The first-order chi connectivity index (χ1) is 13.0. The zero-order valence-electron chi connectivity index (χ0n) is 14.8. The summed E-state index contributed by atoms with van der Waals surface area (Å²) in [6.45, 7) is 0.292. The van der Waals surface area contributed by atoms with Crippen molar-refractivity contribution in [3.05, 3.63) is 53.6 Å². The fourth-order valence-electron chi connectivity index (χ4n) is 3.04. The summed E-state index contributed by atoms with van der Waals surface area (Å²) in [6.07, 6.45) is 2.29. The molecule has 27 heavy (non-hydrogen) atoms. The molecule has 3 rings (SSSR count). The van der Waals surface area contributed by atoms with Gasteiger partial charge in [-0.2, -0.15) is 0 Å². The highest BCUT2D eigenvalue weighted by molar-refractivity contribution is 6.21. The van der Waals surface area contributed by atoms with Crippen molar-refractivity contribution in [3.63, 3.8) is 0 Å². The minimum atomic E-state index is -0.386. The Morgan fingerprint density at radius 3 is 2.52 bits per heavy atom. The molecule has 7 heteroatoms. The summed E-state index contributed by atoms with van der Waals surface area (Å²) in [4.78, 5) is 37.7. The quantitative estimate of drug-likeness (QED) is 0.396. The molecule has 0 aromatic heterocycles. The number of nitrogens with zero attached hydrogens (tertiary/aromatic N) is 1. The molecule has 140 valence electrons. The molecule has 1 aliphatic heterocycles. The van der Waals surface area contributed by atoms with Crippen molar-refractivity contribution in [1.82, 2.24) is 4.90 Å². The Morgan fingerprint density at radius 1 is 1.00 bits per heavy atom. The number of nitrogens with one attached hydrogen (secondary N) is 1. The third-order valence-electron chi connectivity index (χ3n) is 4.47. The van der Waals surface area contributed by atoms with E-state index in [4.69, 9.17) is 5.73 Å². The maximum absolute atomic E-state index is 12.3. The maximum Gasteiger partial charge on any atom is 0.261 e. The van der Waals surface area contributed by atoms with Crippen molar-refractivity contribution in [2.75, 3.05) is 17.6 Å². The smallest absolute Gasteiger partial charge is 0.261 e. The Hall–Kier alpha value is -3.35. The number of phenols is 1. The molecule has 0 atom stereocenters. The maximum atomic E-state index is 12.3. The van der Waals surface area contributed by atoms with E-state index in [0.717, 1.165) is 0 Å². The number of nitrogens with two attached hydrogens (primary N) is 1. The van der Waals surface area contributed by atoms with Crippen LogP contribution in [0.15, 0.2) is 42.5 Å². The zero-order valence-corrected chi connectivity index (χ0v) is 14.8. The summed E-state index contributed by atoms with van der Waals surface area (Å²) in [6, 6.07) is 11.2. The minimum absolute atomic E-state index is 0.0400. The number of para-hydroxylation sites is 2. The number of phenolic OH excluding ortho intramolecular Hbond substituents is 1. The minimum Gasteiger partial charge on any atom is -0.508 e. The van der Waals surface area contributed by atoms with Crippen LogP contribution in [0.1, 0.15) is 46.4 Å². The van der Waals surface area contributed by atoms with E-state index in [9.17, 15) is 19.5 Å². The van der Waals surface area contributed by atoms with Crippen molar-refractivity contribution >= 4 is 29.1 Å². The fourth-order valence-corrected chi connectivity index (χ4v) is 3.04. The van der Waals surface area contributed by atoms with Gasteiger partial charge in [0.1, 0.15) is 5.75 Å². The average molecular weight is 367 g/mol. The Labute approximate surface area is 156 Å². The monoisotopic (exact) mass is 367 g/mol. The Bertz CT molecular complexity index is 895. The number of amides is 3. The van der Waals surface area contributed by atoms with Gasteiger partial charge < -0.3 is 16.2 Å². The molecular formula is C20H21N3O4. The number of aromatic hydroxyl groups is 1. The van der Waals surface area contributed by atoms with Gasteiger partial charge in [-0.05, 0) is 43.2 Å². The second-order valence-electron chi connectivity index (χ2n) is 6.44. The van der Waals surface area contributed by atoms with Crippen molar-refractivity contribution in [3.8, 4) is 5.75 Å². The lowest BCUT2D eigenvalue weighted by molar-refractivity contribution is -0.116. The van der Waals surface area contributed by atoms with Crippen LogP contribution in [0.2, 0.25) is 0 Å². The van der Waals surface area contributed by atoms with Gasteiger partial charge >= 0.3 is 0 Å². The van der Waals surface area contributed by atoms with Crippen LogP contribution in [-0.4, -0.2) is 34.3 Å². The third kappa shape index (κ3) is 4.08. The molecule has 3 amide bonds. The molecule has 7 nitrogen and oxygen atoms in total. The second kappa shape index (κ2) is 7.90. The van der Waals surface area contributed by atoms with Crippen LogP contribution in [0.4, 0.5) is 11.4 Å². The number of carbonyl (C=O) groups excluding carboxylic acids is 3. The number of imide groups is 1. The highest BCUT2D eigenvalue weighted by atomic mass is 16.3. The molecule has 0 radical (unpaired) electrons. The first-order valence-electron chi connectivity index (χ1n) is 8.81. The van der Waals surface area contributed by atoms with Gasteiger partial charge in [0.05, 0.1) is 22.5 Å². The predicted molar refractivity (Wildman–Crippen MR) is 101 cm³/mol. The van der Waals surface area contributed by atoms with E-state index in [-0.39, 0.29) is 29.0 Å². The Morgan fingerprint density at radius 2 is 1.74 bits per heavy atom. The molecule has 0 aliphatic carbocycles. The zero-order chi connectivity index (χ0) is 19.4. The summed E-state index contributed by atoms with van der Waals surface area (Å²) in [5.41, 5.74) is 7.45. The summed E-state index contributed by atoms with van der Waals surface area (Å²) < 4.78 is 0. The van der Waals surface area contributed by atoms with Crippen LogP contribution in [0.3, 0.4) is 0 Å². The Kier molecular flexibility index (Phi) is 5.40. The lowest BCUT2D eigenvalue weighted by Crippen LogP contribution is -2.30. The molecule has 4 N–H and O–H groups in total. The first-order valence-corrected chi connectivity index (χ1v) is 8.81. The first kappa shape index (κ1) is 18.4. The van der Waals surface area contributed by atoms with Gasteiger partial charge in [0.25, 0.3) is 11.8 Å². The molecule has 2 aromatic carbocycles. The number of rotatable bonds is 7. The number of fused-ring (bicyclic) bond motifs is 1. The van der Waals surface area contributed by atoms with E-state index < -0.39 is 0 Å². The lowest BCUT2D eigenvalue weighted by atomic mass is 10.1. The number of hydrogen-bond acceptors (Lipinski definition) is 5. The number of nitrogen functional groups attached to an aromatic ring is 1. The van der Waals surface area contributed by atoms with Gasteiger partial charge in [-0.25, -0.2) is 0 Å². The molecule has 0 bridgehead atoms. The third-order valence-corrected chi connectivity index (χ3v) is 4.47. The van der Waals surface area contributed by atoms with Gasteiger partial charge in [-0.15, -0.1) is 0 Å². The van der Waals surface area contributed by atoms with Crippen LogP contribution in [0, 0.1) is 0 Å². The Balaban J connectivity index is 1.42. The van der Waals surface area contributed by atoms with Crippen LogP contribution >= 0.6 is 0 Å². The SMILES string of the molecule is Nc1ccccc1NC(=O)CCCCCN1C(=O)c2ccc(O)cc2C1=O. The van der Waals surface area contributed by atoms with E-state index in [1.54, 1.807) is 24.3 Å². The molecule has 0 unspecified atom stereocenters. The van der Waals surface area contributed by atoms with E-state index in [2.05, 4.69) is 5.32 Å². The average Bonchev–Trinajstić information content (AvgIpc) is 2.87. The van der Waals surface area contributed by atoms with Gasteiger partial charge in [-0.3, -0.25) is 19.3 Å². The lowest BCUT2D eigenvalue weighted by Gasteiger charge is -2.13. The standard InChI is InChI=1S/C20H21N3O4/c21-16-6-3-4-7-17(16)22-18(25)8-2-1-5-11-23-19(26)14-10-9-13(24)12-15(14)20(23)27/h3-4,6-7,9-10,12,24H,1-2,5,8,11,21H2,(H,22,25). The largest absolute Gasteiger partial charge is 0.508 e. The van der Waals surface area contributed by atoms with Crippen molar-refractivity contribution in [2.45, 2.75) is 25.7 Å². The highest BCUT2D eigenvalue weighted by Crippen LogP contribution is 2.26. The van der Waals surface area contributed by atoms with Gasteiger partial charge in [-0.1, -0.05) is 18.6 Å². The molecule has 1 heterocycles. The molecular weight excluding hydrogens is 346 g/mol. The predicted octanol–water partition coefficient (Wildman–Crippen LogP) is 2.77. The van der Waals surface area contributed by atoms with Crippen LogP contribution in [0.25, 0.3) is 0 Å². The highest BCUT2D eigenvalue weighted by Gasteiger charge is 2.35. The van der Waals surface area contributed by atoms with Gasteiger partial charge in [0, 0.05) is 13.0 Å². The number of carbonyl (C=O) groups is 3. The van der Waals surface area contributed by atoms with Gasteiger partial charge in [0.2, 0.25) is 5.91 Å². The summed E-state index contributed by atoms with van der Waals surface area (Å²) >= 11 is 0. The molecule has 0 fully saturated rings. The van der Waals surface area contributed by atoms with Crippen molar-refractivity contribution in [1.29, 1.82) is 0 Å². The summed E-state index contributed by atoms with van der Waals surface area (Å²) in [5, 5.41) is 12.2. The molecule has 0 saturated heterocycles. The molecule has 0 saturated carbocycles. The van der Waals surface area contributed by atoms with Gasteiger partial charge in [0.15, 0.2) is 0 Å². The van der Waals surface area contributed by atoms with E-state index >= 15 is 0 Å². The van der Waals surface area contributed by atoms with E-state index in [1.807, 2.05) is 0 Å². The van der Waals surface area contributed by atoms with E-state index in [0.29, 0.717) is 49.2 Å².